The number of aromatic nitrogens is 1. The molecule has 8 heteroatoms. The quantitative estimate of drug-likeness (QED) is 0.510. The molecule has 1 rings (SSSR count). The number of nitrogens with zero attached hydrogens (tertiary/aromatic N) is 1. The second-order valence-electron chi connectivity index (χ2n) is 2.49. The molecular weight excluding hydrogens is 261 g/mol. The van der Waals surface area contributed by atoms with Gasteiger partial charge in [0.05, 0.1) is 29.3 Å². The van der Waals surface area contributed by atoms with Crippen molar-refractivity contribution >= 4 is 17.9 Å². The number of carbonyl (C=O) groups is 3. The van der Waals surface area contributed by atoms with Crippen LogP contribution in [0.5, 0.6) is 0 Å². The maximum atomic E-state index is 10.4. The van der Waals surface area contributed by atoms with Crippen LogP contribution in [0.3, 0.4) is 0 Å². The van der Waals surface area contributed by atoms with Crippen molar-refractivity contribution in [1.82, 2.24) is 4.98 Å². The zero-order chi connectivity index (χ0) is 11.6. The van der Waals surface area contributed by atoms with E-state index in [0.717, 1.165) is 0 Å². The number of carbonyl (C=O) groups excluding carboxylic acids is 3. The molecule has 0 aliphatic carbocycles. The van der Waals surface area contributed by atoms with Gasteiger partial charge in [-0.05, 0) is 12.1 Å². The Hall–Kier alpha value is -1.92. The first kappa shape index (κ1) is 14.1. The first-order valence-electron chi connectivity index (χ1n) is 3.58. The van der Waals surface area contributed by atoms with Crippen molar-refractivity contribution in [2.45, 2.75) is 0 Å². The van der Waals surface area contributed by atoms with Crippen LogP contribution in [0.1, 0.15) is 31.3 Å². The number of hydrogen-bond acceptors (Lipinski definition) is 7. The molecule has 0 N–H and O–H groups in total. The Balaban J connectivity index is 0.00000225. The van der Waals surface area contributed by atoms with E-state index in [-0.39, 0.29) is 17.1 Å². The molecule has 0 spiro atoms. The van der Waals surface area contributed by atoms with Gasteiger partial charge in [0.15, 0.2) is 0 Å². The minimum absolute atomic E-state index is 0. The Kier molecular flexibility index (Phi) is 4.61. The van der Waals surface area contributed by atoms with Gasteiger partial charge in [-0.2, -0.15) is 0 Å². The molecule has 82 valence electrons. The molecule has 0 saturated heterocycles. The molecule has 0 amide bonds. The third-order valence-electron chi connectivity index (χ3n) is 1.48. The summed E-state index contributed by atoms with van der Waals surface area (Å²) in [5.74, 6) is -5.30. The summed E-state index contributed by atoms with van der Waals surface area (Å²) >= 11 is 0. The van der Waals surface area contributed by atoms with Gasteiger partial charge in [0, 0.05) is 5.56 Å². The van der Waals surface area contributed by atoms with Gasteiger partial charge in [-0.25, -0.2) is 4.98 Å². The fraction of sp³-hybridized carbons (Fsp3) is 0. The van der Waals surface area contributed by atoms with Gasteiger partial charge in [-0.1, -0.05) is 0 Å². The fourth-order valence-electron chi connectivity index (χ4n) is 0.858. The SMILES string of the molecule is O=C([O-])c1cc(C(=O)[O-])nc(C(=O)[O-])c1.[Mn+3]. The maximum Gasteiger partial charge on any atom is 3.00 e. The van der Waals surface area contributed by atoms with E-state index < -0.39 is 34.9 Å². The Bertz CT molecular complexity index is 379. The van der Waals surface area contributed by atoms with Crippen molar-refractivity contribution in [2.24, 2.45) is 0 Å². The van der Waals surface area contributed by atoms with E-state index in [1.807, 2.05) is 0 Å². The topological polar surface area (TPSA) is 133 Å². The van der Waals surface area contributed by atoms with E-state index in [0.29, 0.717) is 12.1 Å². The molecule has 0 aliphatic rings. The zero-order valence-electron chi connectivity index (χ0n) is 7.43. The summed E-state index contributed by atoms with van der Waals surface area (Å²) in [4.78, 5) is 34.2. The van der Waals surface area contributed by atoms with Gasteiger partial charge in [0.1, 0.15) is 0 Å². The summed E-state index contributed by atoms with van der Waals surface area (Å²) in [7, 11) is 0. The van der Waals surface area contributed by atoms with Crippen LogP contribution in [0, 0.1) is 0 Å². The maximum absolute atomic E-state index is 10.4. The molecule has 1 aromatic rings. The summed E-state index contributed by atoms with van der Waals surface area (Å²) in [5, 5.41) is 31.1. The van der Waals surface area contributed by atoms with Crippen LogP contribution < -0.4 is 15.3 Å². The molecule has 0 unspecified atom stereocenters. The molecule has 7 nitrogen and oxygen atoms in total. The molecule has 0 fully saturated rings. The summed E-state index contributed by atoms with van der Waals surface area (Å²) in [6, 6.07) is 1.27. The molecule has 0 radical (unpaired) electrons. The van der Waals surface area contributed by atoms with Crippen molar-refractivity contribution in [3.8, 4) is 0 Å². The van der Waals surface area contributed by atoms with Crippen LogP contribution in [-0.4, -0.2) is 22.9 Å². The third-order valence-corrected chi connectivity index (χ3v) is 1.48. The van der Waals surface area contributed by atoms with Gasteiger partial charge < -0.3 is 29.7 Å². The van der Waals surface area contributed by atoms with Gasteiger partial charge in [-0.15, -0.1) is 0 Å². The van der Waals surface area contributed by atoms with Gasteiger partial charge in [0.25, 0.3) is 0 Å². The number of pyridine rings is 1. The largest absolute Gasteiger partial charge is 3.00 e. The van der Waals surface area contributed by atoms with Gasteiger partial charge in [-0.3, -0.25) is 0 Å². The van der Waals surface area contributed by atoms with E-state index in [4.69, 9.17) is 0 Å². The number of carboxylic acids is 3. The van der Waals surface area contributed by atoms with Crippen LogP contribution in [0.4, 0.5) is 0 Å². The minimum Gasteiger partial charge on any atom is -0.545 e. The van der Waals surface area contributed by atoms with Crippen molar-refractivity contribution in [1.29, 1.82) is 0 Å². The molecule has 0 aliphatic heterocycles. The van der Waals surface area contributed by atoms with Crippen molar-refractivity contribution in [3.05, 3.63) is 29.1 Å². The van der Waals surface area contributed by atoms with Gasteiger partial charge >= 0.3 is 17.1 Å². The Morgan fingerprint density at radius 2 is 1.25 bits per heavy atom. The minimum atomic E-state index is -1.79. The predicted octanol–water partition coefficient (Wildman–Crippen LogP) is -3.83. The molecule has 16 heavy (non-hydrogen) atoms. The van der Waals surface area contributed by atoms with E-state index in [9.17, 15) is 29.7 Å². The standard InChI is InChI=1S/C8H5NO6.Mn/c10-6(11)3-1-4(7(12)13)9-5(2-3)8(14)15;/h1-2H,(H,10,11)(H,12,13)(H,14,15);/q;+3/p-3. The zero-order valence-corrected chi connectivity index (χ0v) is 8.61. The Morgan fingerprint density at radius 3 is 1.50 bits per heavy atom. The molecule has 0 bridgehead atoms. The van der Waals surface area contributed by atoms with Crippen molar-refractivity contribution < 1.29 is 46.8 Å². The predicted molar refractivity (Wildman–Crippen MR) is 37.2 cm³/mol. The van der Waals surface area contributed by atoms with Gasteiger partial charge in [0.2, 0.25) is 0 Å². The Morgan fingerprint density at radius 1 is 0.875 bits per heavy atom. The first-order chi connectivity index (χ1) is 6.91. The third kappa shape index (κ3) is 3.04. The average molecular weight is 263 g/mol. The fourth-order valence-corrected chi connectivity index (χ4v) is 0.858. The number of hydrogen-bond donors (Lipinski definition) is 0. The smallest absolute Gasteiger partial charge is 0.545 e. The average Bonchev–Trinajstić information content (AvgIpc) is 2.16. The normalized spacial score (nSPS) is 9.00. The van der Waals surface area contributed by atoms with Crippen molar-refractivity contribution in [3.63, 3.8) is 0 Å². The molecular formula is C8H2MnNO6. The van der Waals surface area contributed by atoms with Crippen LogP contribution in [-0.2, 0) is 17.1 Å². The van der Waals surface area contributed by atoms with E-state index in [2.05, 4.69) is 4.98 Å². The molecule has 1 aromatic heterocycles. The van der Waals surface area contributed by atoms with E-state index in [1.54, 1.807) is 0 Å². The van der Waals surface area contributed by atoms with Crippen LogP contribution in [0.15, 0.2) is 12.1 Å². The summed E-state index contributed by atoms with van der Waals surface area (Å²) in [6.07, 6.45) is 0. The second-order valence-corrected chi connectivity index (χ2v) is 2.49. The van der Waals surface area contributed by atoms with E-state index in [1.165, 1.54) is 0 Å². The first-order valence-corrected chi connectivity index (χ1v) is 3.58. The number of rotatable bonds is 3. The molecule has 0 saturated carbocycles. The summed E-state index contributed by atoms with van der Waals surface area (Å²) < 4.78 is 0. The summed E-state index contributed by atoms with van der Waals surface area (Å²) in [5.41, 5.74) is -2.24. The van der Waals surface area contributed by atoms with E-state index >= 15 is 0 Å². The monoisotopic (exact) mass is 263 g/mol. The summed E-state index contributed by atoms with van der Waals surface area (Å²) in [6.45, 7) is 0. The second kappa shape index (κ2) is 5.24. The number of aromatic carboxylic acids is 3. The molecule has 0 atom stereocenters. The van der Waals surface area contributed by atoms with Crippen LogP contribution in [0.25, 0.3) is 0 Å². The molecule has 1 heterocycles. The van der Waals surface area contributed by atoms with Crippen LogP contribution in [0.2, 0.25) is 0 Å². The Labute approximate surface area is 99.2 Å². The number of carboxylic acid groups (broad SMARTS) is 3. The molecule has 0 aromatic carbocycles. The van der Waals surface area contributed by atoms with Crippen LogP contribution >= 0.6 is 0 Å². The van der Waals surface area contributed by atoms with Crippen molar-refractivity contribution in [2.75, 3.05) is 0 Å².